The molecule has 6 heteroatoms. The van der Waals surface area contributed by atoms with Gasteiger partial charge < -0.3 is 5.11 Å². The summed E-state index contributed by atoms with van der Waals surface area (Å²) in [6, 6.07) is 4.71. The van der Waals surface area contributed by atoms with Gasteiger partial charge in [-0.15, -0.1) is 0 Å². The molecule has 1 aliphatic heterocycles. The standard InChI is InChI=1S/C14H12ClNO4/c1-2-8(14(19)20)6-7-16-11-9(12(17)13(16)18)4-3-5-10(11)15/h3-6H,2,7H2,1H3,(H,19,20). The molecular formula is C14H12ClNO4. The zero-order valence-electron chi connectivity index (χ0n) is 10.7. The number of carboxylic acids is 1. The molecule has 0 fully saturated rings. The molecule has 5 nitrogen and oxygen atoms in total. The van der Waals surface area contributed by atoms with Gasteiger partial charge in [0.15, 0.2) is 0 Å². The van der Waals surface area contributed by atoms with Gasteiger partial charge in [0.05, 0.1) is 16.3 Å². The maximum Gasteiger partial charge on any atom is 0.331 e. The molecule has 0 aliphatic carbocycles. The van der Waals surface area contributed by atoms with E-state index >= 15 is 0 Å². The van der Waals surface area contributed by atoms with Crippen molar-refractivity contribution in [2.24, 2.45) is 0 Å². The molecule has 1 amide bonds. The molecular weight excluding hydrogens is 282 g/mol. The fraction of sp³-hybridized carbons (Fsp3) is 0.214. The highest BCUT2D eigenvalue weighted by Gasteiger charge is 2.36. The van der Waals surface area contributed by atoms with Gasteiger partial charge in [-0.2, -0.15) is 0 Å². The van der Waals surface area contributed by atoms with Gasteiger partial charge >= 0.3 is 5.97 Å². The highest BCUT2D eigenvalue weighted by molar-refractivity contribution is 6.54. The summed E-state index contributed by atoms with van der Waals surface area (Å²) in [6.07, 6.45) is 1.76. The number of halogens is 1. The van der Waals surface area contributed by atoms with E-state index in [1.54, 1.807) is 19.1 Å². The van der Waals surface area contributed by atoms with E-state index in [0.717, 1.165) is 0 Å². The third kappa shape index (κ3) is 2.32. The van der Waals surface area contributed by atoms with Crippen molar-refractivity contribution in [1.29, 1.82) is 0 Å². The van der Waals surface area contributed by atoms with E-state index in [0.29, 0.717) is 17.1 Å². The zero-order valence-corrected chi connectivity index (χ0v) is 11.5. The van der Waals surface area contributed by atoms with Crippen molar-refractivity contribution < 1.29 is 19.5 Å². The SMILES string of the molecule is CCC(=CCN1C(=O)C(=O)c2cccc(Cl)c21)C(=O)O. The second-order valence-corrected chi connectivity index (χ2v) is 4.68. The Balaban J connectivity index is 2.38. The number of fused-ring (bicyclic) bond motifs is 1. The van der Waals surface area contributed by atoms with Crippen LogP contribution in [0, 0.1) is 0 Å². The van der Waals surface area contributed by atoms with Crippen LogP contribution in [0.1, 0.15) is 23.7 Å². The summed E-state index contributed by atoms with van der Waals surface area (Å²) in [6.45, 7) is 1.72. The number of hydrogen-bond donors (Lipinski definition) is 1. The van der Waals surface area contributed by atoms with Crippen LogP contribution in [-0.2, 0) is 9.59 Å². The quantitative estimate of drug-likeness (QED) is 0.683. The van der Waals surface area contributed by atoms with Crippen molar-refractivity contribution in [2.45, 2.75) is 13.3 Å². The molecule has 0 aromatic heterocycles. The lowest BCUT2D eigenvalue weighted by molar-refractivity contribution is -0.132. The molecule has 0 radical (unpaired) electrons. The van der Waals surface area contributed by atoms with Crippen LogP contribution in [0.25, 0.3) is 0 Å². The average Bonchev–Trinajstić information content (AvgIpc) is 2.65. The van der Waals surface area contributed by atoms with Gasteiger partial charge in [-0.3, -0.25) is 14.5 Å². The number of carbonyl (C=O) groups excluding carboxylic acids is 2. The Kier molecular flexibility index (Phi) is 3.90. The van der Waals surface area contributed by atoms with Crippen molar-refractivity contribution >= 4 is 34.9 Å². The molecule has 0 bridgehead atoms. The minimum absolute atomic E-state index is 0.0107. The Labute approximate surface area is 120 Å². The predicted molar refractivity (Wildman–Crippen MR) is 74.1 cm³/mol. The van der Waals surface area contributed by atoms with Crippen LogP contribution in [0.4, 0.5) is 5.69 Å². The predicted octanol–water partition coefficient (Wildman–Crippen LogP) is 2.29. The smallest absolute Gasteiger partial charge is 0.331 e. The van der Waals surface area contributed by atoms with Crippen molar-refractivity contribution in [3.8, 4) is 0 Å². The number of aliphatic carboxylic acids is 1. The number of ketones is 1. The number of carbonyl (C=O) groups is 3. The molecule has 0 saturated heterocycles. The highest BCUT2D eigenvalue weighted by Crippen LogP contribution is 2.35. The van der Waals surface area contributed by atoms with E-state index in [1.165, 1.54) is 17.0 Å². The lowest BCUT2D eigenvalue weighted by Crippen LogP contribution is -2.30. The monoisotopic (exact) mass is 293 g/mol. The van der Waals surface area contributed by atoms with Crippen LogP contribution in [0.2, 0.25) is 5.02 Å². The Morgan fingerprint density at radius 3 is 2.70 bits per heavy atom. The van der Waals surface area contributed by atoms with Crippen LogP contribution in [0.5, 0.6) is 0 Å². The molecule has 1 aromatic carbocycles. The van der Waals surface area contributed by atoms with Crippen LogP contribution < -0.4 is 4.90 Å². The maximum absolute atomic E-state index is 11.9. The first-order chi connectivity index (χ1) is 9.47. The van der Waals surface area contributed by atoms with E-state index in [4.69, 9.17) is 16.7 Å². The van der Waals surface area contributed by atoms with Gasteiger partial charge in [0.1, 0.15) is 0 Å². The fourth-order valence-electron chi connectivity index (χ4n) is 2.07. The Hall–Kier alpha value is -2.14. The molecule has 1 heterocycles. The number of hydrogen-bond acceptors (Lipinski definition) is 3. The van der Waals surface area contributed by atoms with E-state index < -0.39 is 17.7 Å². The molecule has 0 atom stereocenters. The molecule has 20 heavy (non-hydrogen) atoms. The van der Waals surface area contributed by atoms with Crippen molar-refractivity contribution in [2.75, 3.05) is 11.4 Å². The zero-order chi connectivity index (χ0) is 14.9. The first-order valence-corrected chi connectivity index (χ1v) is 6.42. The van der Waals surface area contributed by atoms with Gasteiger partial charge in [0.25, 0.3) is 11.7 Å². The number of para-hydroxylation sites is 1. The summed E-state index contributed by atoms with van der Waals surface area (Å²) in [4.78, 5) is 35.9. The van der Waals surface area contributed by atoms with Crippen LogP contribution >= 0.6 is 11.6 Å². The van der Waals surface area contributed by atoms with Crippen LogP contribution in [0.15, 0.2) is 29.8 Å². The normalized spacial score (nSPS) is 14.7. The minimum Gasteiger partial charge on any atom is -0.478 e. The first-order valence-electron chi connectivity index (χ1n) is 6.04. The van der Waals surface area contributed by atoms with Gasteiger partial charge in [0.2, 0.25) is 0 Å². The highest BCUT2D eigenvalue weighted by atomic mass is 35.5. The van der Waals surface area contributed by atoms with E-state index in [9.17, 15) is 14.4 Å². The second-order valence-electron chi connectivity index (χ2n) is 4.27. The summed E-state index contributed by atoms with van der Waals surface area (Å²) >= 11 is 6.02. The number of carboxylic acid groups (broad SMARTS) is 1. The summed E-state index contributed by atoms with van der Waals surface area (Å²) < 4.78 is 0. The Morgan fingerprint density at radius 1 is 1.40 bits per heavy atom. The average molecular weight is 294 g/mol. The molecule has 104 valence electrons. The fourth-order valence-corrected chi connectivity index (χ4v) is 2.35. The summed E-state index contributed by atoms with van der Waals surface area (Å²) in [7, 11) is 0. The molecule has 1 N–H and O–H groups in total. The van der Waals surface area contributed by atoms with Crippen LogP contribution in [0.3, 0.4) is 0 Å². The maximum atomic E-state index is 11.9. The number of nitrogens with zero attached hydrogens (tertiary/aromatic N) is 1. The van der Waals surface area contributed by atoms with Crippen molar-refractivity contribution in [3.05, 3.63) is 40.4 Å². The third-order valence-corrected chi connectivity index (χ3v) is 3.42. The Bertz CT molecular complexity index is 636. The van der Waals surface area contributed by atoms with Gasteiger partial charge in [-0.1, -0.05) is 30.7 Å². The van der Waals surface area contributed by atoms with E-state index in [1.807, 2.05) is 0 Å². The topological polar surface area (TPSA) is 74.7 Å². The van der Waals surface area contributed by atoms with E-state index in [-0.39, 0.29) is 17.7 Å². The number of rotatable bonds is 4. The third-order valence-electron chi connectivity index (χ3n) is 3.12. The van der Waals surface area contributed by atoms with E-state index in [2.05, 4.69) is 0 Å². The summed E-state index contributed by atoms with van der Waals surface area (Å²) in [5.74, 6) is -2.35. The number of amides is 1. The molecule has 2 rings (SSSR count). The number of benzene rings is 1. The largest absolute Gasteiger partial charge is 0.478 e. The van der Waals surface area contributed by atoms with Crippen molar-refractivity contribution in [3.63, 3.8) is 0 Å². The number of Topliss-reactive ketones (excluding diaryl/α,β-unsaturated/α-hetero) is 1. The number of anilines is 1. The van der Waals surface area contributed by atoms with Crippen LogP contribution in [-0.4, -0.2) is 29.3 Å². The van der Waals surface area contributed by atoms with Gasteiger partial charge in [0, 0.05) is 12.1 Å². The van der Waals surface area contributed by atoms with Crippen molar-refractivity contribution in [1.82, 2.24) is 0 Å². The summed E-state index contributed by atoms with van der Waals surface area (Å²) in [5.41, 5.74) is 0.788. The molecule has 0 saturated carbocycles. The lowest BCUT2D eigenvalue weighted by Gasteiger charge is -2.15. The van der Waals surface area contributed by atoms with Gasteiger partial charge in [-0.25, -0.2) is 4.79 Å². The Morgan fingerprint density at radius 2 is 2.10 bits per heavy atom. The first kappa shape index (κ1) is 14.3. The molecule has 1 aliphatic rings. The minimum atomic E-state index is -1.04. The second kappa shape index (κ2) is 5.46. The van der Waals surface area contributed by atoms with Gasteiger partial charge in [-0.05, 0) is 18.6 Å². The lowest BCUT2D eigenvalue weighted by atomic mass is 10.1. The molecule has 0 spiro atoms. The summed E-state index contributed by atoms with van der Waals surface area (Å²) in [5, 5.41) is 9.25. The molecule has 1 aromatic rings. The molecule has 0 unspecified atom stereocenters.